The van der Waals surface area contributed by atoms with Crippen LogP contribution in [0.3, 0.4) is 0 Å². The van der Waals surface area contributed by atoms with Crippen molar-refractivity contribution in [2.45, 2.75) is 39.0 Å². The predicted octanol–water partition coefficient (Wildman–Crippen LogP) is 1.69. The molecule has 14 heavy (non-hydrogen) atoms. The zero-order valence-corrected chi connectivity index (χ0v) is 10.1. The van der Waals surface area contributed by atoms with Crippen LogP contribution < -0.4 is 0 Å². The van der Waals surface area contributed by atoms with Crippen LogP contribution in [0.25, 0.3) is 0 Å². The summed E-state index contributed by atoms with van der Waals surface area (Å²) in [4.78, 5) is 11.2. The van der Waals surface area contributed by atoms with E-state index in [1.54, 1.807) is 25.6 Å². The maximum atomic E-state index is 11.2. The van der Waals surface area contributed by atoms with Gasteiger partial charge in [-0.25, -0.2) is 0 Å². The number of hydrogen-bond donors (Lipinski definition) is 1. The first kappa shape index (κ1) is 13.8. The number of aliphatic hydroxyl groups is 1. The molecule has 0 aromatic heterocycles. The second kappa shape index (κ2) is 7.12. The molecular weight excluding hydrogens is 200 g/mol. The van der Waals surface area contributed by atoms with E-state index in [9.17, 15) is 9.90 Å². The van der Waals surface area contributed by atoms with Gasteiger partial charge in [0, 0.05) is 11.0 Å². The summed E-state index contributed by atoms with van der Waals surface area (Å²) in [7, 11) is 0. The molecule has 3 unspecified atom stereocenters. The summed E-state index contributed by atoms with van der Waals surface area (Å²) in [6.45, 7) is 7.79. The Labute approximate surface area is 90.2 Å². The van der Waals surface area contributed by atoms with Gasteiger partial charge in [-0.3, -0.25) is 4.79 Å². The summed E-state index contributed by atoms with van der Waals surface area (Å²) in [5.41, 5.74) is 0. The molecule has 0 radical (unpaired) electrons. The first-order valence-corrected chi connectivity index (χ1v) is 6.00. The fourth-order valence-corrected chi connectivity index (χ4v) is 1.79. The smallest absolute Gasteiger partial charge is 0.309 e. The van der Waals surface area contributed by atoms with Crippen molar-refractivity contribution >= 4 is 17.7 Å². The molecule has 0 aliphatic carbocycles. The van der Waals surface area contributed by atoms with Crippen LogP contribution in [0.1, 0.15) is 27.7 Å². The van der Waals surface area contributed by atoms with Crippen LogP contribution in [0.4, 0.5) is 0 Å². The lowest BCUT2D eigenvalue weighted by atomic mass is 10.2. The second-order valence-corrected chi connectivity index (χ2v) is 4.84. The van der Waals surface area contributed by atoms with E-state index in [1.807, 2.05) is 13.8 Å². The number of ether oxygens (including phenoxy) is 1. The highest BCUT2D eigenvalue weighted by Gasteiger charge is 2.17. The Morgan fingerprint density at radius 3 is 2.43 bits per heavy atom. The van der Waals surface area contributed by atoms with E-state index in [0.717, 1.165) is 0 Å². The summed E-state index contributed by atoms with van der Waals surface area (Å²) in [6.07, 6.45) is -0.339. The van der Waals surface area contributed by atoms with E-state index >= 15 is 0 Å². The van der Waals surface area contributed by atoms with Crippen molar-refractivity contribution in [2.75, 3.05) is 12.4 Å². The van der Waals surface area contributed by atoms with E-state index in [1.165, 1.54) is 0 Å². The Hall–Kier alpha value is -0.220. The van der Waals surface area contributed by atoms with Crippen molar-refractivity contribution in [1.82, 2.24) is 0 Å². The molecule has 0 spiro atoms. The summed E-state index contributed by atoms with van der Waals surface area (Å²) in [6, 6.07) is 0. The summed E-state index contributed by atoms with van der Waals surface area (Å²) < 4.78 is 4.88. The molecule has 84 valence electrons. The van der Waals surface area contributed by atoms with E-state index in [4.69, 9.17) is 4.74 Å². The highest BCUT2D eigenvalue weighted by Crippen LogP contribution is 2.18. The molecule has 0 fully saturated rings. The minimum absolute atomic E-state index is 0.0962. The third kappa shape index (κ3) is 5.50. The van der Waals surface area contributed by atoms with Crippen molar-refractivity contribution in [2.24, 2.45) is 5.92 Å². The van der Waals surface area contributed by atoms with Gasteiger partial charge in [0.15, 0.2) is 0 Å². The molecule has 0 aromatic carbocycles. The average molecular weight is 220 g/mol. The lowest BCUT2D eigenvalue weighted by molar-refractivity contribution is -0.146. The van der Waals surface area contributed by atoms with Gasteiger partial charge in [-0.2, -0.15) is 11.8 Å². The Bertz CT molecular complexity index is 171. The molecule has 3 atom stereocenters. The van der Waals surface area contributed by atoms with Gasteiger partial charge < -0.3 is 9.84 Å². The fourth-order valence-electron chi connectivity index (χ4n) is 0.788. The maximum Gasteiger partial charge on any atom is 0.309 e. The van der Waals surface area contributed by atoms with E-state index < -0.39 is 0 Å². The molecule has 3 nitrogen and oxygen atoms in total. The van der Waals surface area contributed by atoms with E-state index in [-0.39, 0.29) is 23.2 Å². The number of rotatable bonds is 6. The molecule has 0 rings (SSSR count). The number of aliphatic hydroxyl groups excluding tert-OH is 1. The number of hydrogen-bond acceptors (Lipinski definition) is 4. The summed E-state index contributed by atoms with van der Waals surface area (Å²) in [5, 5.41) is 9.40. The van der Waals surface area contributed by atoms with Gasteiger partial charge in [-0.1, -0.05) is 13.8 Å². The summed E-state index contributed by atoms with van der Waals surface area (Å²) >= 11 is 1.60. The lowest BCUT2D eigenvalue weighted by Crippen LogP contribution is -2.21. The third-order valence-electron chi connectivity index (χ3n) is 1.98. The number of carbonyl (C=O) groups excluding carboxylic acids is 1. The fraction of sp³-hybridized carbons (Fsp3) is 0.900. The standard InChI is InChI=1S/C10H20O3S/c1-5-13-10(12)7(2)6-14-9(4)8(3)11/h7-9,11H,5-6H2,1-4H3. The molecule has 0 aliphatic rings. The van der Waals surface area contributed by atoms with Crippen molar-refractivity contribution in [3.63, 3.8) is 0 Å². The number of carbonyl (C=O) groups is 1. The molecule has 0 heterocycles. The topological polar surface area (TPSA) is 46.5 Å². The molecule has 0 amide bonds. The Morgan fingerprint density at radius 2 is 2.00 bits per heavy atom. The maximum absolute atomic E-state index is 11.2. The van der Waals surface area contributed by atoms with Gasteiger partial charge in [0.2, 0.25) is 0 Å². The van der Waals surface area contributed by atoms with Gasteiger partial charge in [-0.05, 0) is 13.8 Å². The average Bonchev–Trinajstić information content (AvgIpc) is 2.13. The molecular formula is C10H20O3S. The van der Waals surface area contributed by atoms with Crippen LogP contribution in [0.5, 0.6) is 0 Å². The first-order valence-electron chi connectivity index (χ1n) is 4.95. The molecule has 0 aliphatic heterocycles. The first-order chi connectivity index (χ1) is 6.49. The van der Waals surface area contributed by atoms with Crippen LogP contribution in [-0.2, 0) is 9.53 Å². The van der Waals surface area contributed by atoms with Crippen LogP contribution in [0.15, 0.2) is 0 Å². The van der Waals surface area contributed by atoms with E-state index in [2.05, 4.69) is 0 Å². The van der Waals surface area contributed by atoms with Gasteiger partial charge in [0.05, 0.1) is 18.6 Å². The van der Waals surface area contributed by atoms with Crippen LogP contribution in [-0.4, -0.2) is 34.8 Å². The minimum Gasteiger partial charge on any atom is -0.466 e. The van der Waals surface area contributed by atoms with Gasteiger partial charge in [0.1, 0.15) is 0 Å². The van der Waals surface area contributed by atoms with Crippen LogP contribution in [0, 0.1) is 5.92 Å². The highest BCUT2D eigenvalue weighted by atomic mass is 32.2. The normalized spacial score (nSPS) is 17.2. The highest BCUT2D eigenvalue weighted by molar-refractivity contribution is 7.99. The van der Waals surface area contributed by atoms with Gasteiger partial charge in [0.25, 0.3) is 0 Å². The number of thioether (sulfide) groups is 1. The van der Waals surface area contributed by atoms with E-state index in [0.29, 0.717) is 12.4 Å². The molecule has 1 N–H and O–H groups in total. The molecule has 0 saturated carbocycles. The van der Waals surface area contributed by atoms with Crippen molar-refractivity contribution in [1.29, 1.82) is 0 Å². The Morgan fingerprint density at radius 1 is 1.43 bits per heavy atom. The molecule has 4 heteroatoms. The lowest BCUT2D eigenvalue weighted by Gasteiger charge is -2.16. The molecule has 0 saturated heterocycles. The minimum atomic E-state index is -0.339. The Kier molecular flexibility index (Phi) is 7.01. The summed E-state index contributed by atoms with van der Waals surface area (Å²) in [5.74, 6) is 0.448. The second-order valence-electron chi connectivity index (χ2n) is 3.43. The zero-order valence-electron chi connectivity index (χ0n) is 9.32. The third-order valence-corrected chi connectivity index (χ3v) is 3.59. The monoisotopic (exact) mass is 220 g/mol. The number of esters is 1. The van der Waals surface area contributed by atoms with Crippen molar-refractivity contribution < 1.29 is 14.6 Å². The van der Waals surface area contributed by atoms with Gasteiger partial charge in [-0.15, -0.1) is 0 Å². The quantitative estimate of drug-likeness (QED) is 0.692. The van der Waals surface area contributed by atoms with Crippen molar-refractivity contribution in [3.8, 4) is 0 Å². The molecule has 0 bridgehead atoms. The SMILES string of the molecule is CCOC(=O)C(C)CSC(C)C(C)O. The Balaban J connectivity index is 3.72. The van der Waals surface area contributed by atoms with Crippen molar-refractivity contribution in [3.05, 3.63) is 0 Å². The largest absolute Gasteiger partial charge is 0.466 e. The molecule has 0 aromatic rings. The van der Waals surface area contributed by atoms with Crippen LogP contribution in [0.2, 0.25) is 0 Å². The predicted molar refractivity (Wildman–Crippen MR) is 59.4 cm³/mol. The van der Waals surface area contributed by atoms with Crippen LogP contribution >= 0.6 is 11.8 Å². The van der Waals surface area contributed by atoms with Gasteiger partial charge >= 0.3 is 5.97 Å². The zero-order chi connectivity index (χ0) is 11.1.